The lowest BCUT2D eigenvalue weighted by molar-refractivity contribution is -0.371. The molecule has 1 rings (SSSR count). The Morgan fingerprint density at radius 2 is 1.94 bits per heavy atom. The van der Waals surface area contributed by atoms with Crippen molar-refractivity contribution in [2.24, 2.45) is 17.8 Å². The van der Waals surface area contributed by atoms with Gasteiger partial charge in [0.2, 0.25) is 0 Å². The van der Waals surface area contributed by atoms with Crippen LogP contribution in [0.4, 0.5) is 0 Å². The van der Waals surface area contributed by atoms with E-state index in [1.807, 2.05) is 0 Å². The van der Waals surface area contributed by atoms with Crippen molar-refractivity contribution in [2.75, 3.05) is 13.2 Å². The summed E-state index contributed by atoms with van der Waals surface area (Å²) < 4.78 is 5.83. The normalized spacial score (nSPS) is 26.1. The Kier molecular flexibility index (Phi) is 5.94. The van der Waals surface area contributed by atoms with Crippen molar-refractivity contribution >= 4 is 0 Å². The minimum atomic E-state index is 0.0974. The van der Waals surface area contributed by atoms with E-state index in [-0.39, 0.29) is 5.60 Å². The van der Waals surface area contributed by atoms with Crippen molar-refractivity contribution in [2.45, 2.75) is 65.4 Å². The third-order valence-electron chi connectivity index (χ3n) is 4.09. The van der Waals surface area contributed by atoms with E-state index in [0.29, 0.717) is 0 Å². The number of ether oxygens (including phenoxy) is 1. The first kappa shape index (κ1) is 15.0. The van der Waals surface area contributed by atoms with Crippen LogP contribution in [0.25, 0.3) is 0 Å². The highest BCUT2D eigenvalue weighted by Crippen LogP contribution is 2.36. The summed E-state index contributed by atoms with van der Waals surface area (Å²) in [7, 11) is 0. The molecule has 2 nitrogen and oxygen atoms in total. The summed E-state index contributed by atoms with van der Waals surface area (Å²) in [6.45, 7) is 11.2. The van der Waals surface area contributed by atoms with Crippen molar-refractivity contribution in [1.82, 2.24) is 0 Å². The highest BCUT2D eigenvalue weighted by molar-refractivity contribution is 4.83. The molecule has 0 aliphatic carbocycles. The molecule has 0 aromatic carbocycles. The van der Waals surface area contributed by atoms with Crippen molar-refractivity contribution in [3.8, 4) is 0 Å². The number of hydrogen-bond acceptors (Lipinski definition) is 1. The zero-order valence-electron chi connectivity index (χ0n) is 12.3. The summed E-state index contributed by atoms with van der Waals surface area (Å²) in [6.07, 6.45) is 6.53. The Morgan fingerprint density at radius 3 is 2.47 bits per heavy atom. The molecule has 0 unspecified atom stereocenters. The zero-order valence-corrected chi connectivity index (χ0v) is 12.3. The smallest absolute Gasteiger partial charge is 0.0742 e. The zero-order chi connectivity index (χ0) is 12.9. The molecule has 1 fully saturated rings. The fourth-order valence-electron chi connectivity index (χ4n) is 3.11. The lowest BCUT2D eigenvalue weighted by atomic mass is 9.76. The fourth-order valence-corrected chi connectivity index (χ4v) is 3.11. The lowest BCUT2D eigenvalue weighted by Gasteiger charge is -2.39. The maximum Gasteiger partial charge on any atom is 0.0742 e. The summed E-state index contributed by atoms with van der Waals surface area (Å²) in [5.41, 5.74) is 4.15. The van der Waals surface area contributed by atoms with Crippen LogP contribution in [0.5, 0.6) is 0 Å². The van der Waals surface area contributed by atoms with Crippen LogP contribution in [0, 0.1) is 17.8 Å². The first-order valence-corrected chi connectivity index (χ1v) is 7.38. The van der Waals surface area contributed by atoms with Crippen LogP contribution in [-0.2, 0) is 4.74 Å². The Hall–Kier alpha value is -0.0800. The fraction of sp³-hybridized carbons (Fsp3) is 1.00. The van der Waals surface area contributed by atoms with Crippen LogP contribution in [0.3, 0.4) is 0 Å². The van der Waals surface area contributed by atoms with Gasteiger partial charge in [-0.05, 0) is 57.3 Å². The Labute approximate surface area is 107 Å². The quantitative estimate of drug-likeness (QED) is 0.764. The molecule has 102 valence electrons. The van der Waals surface area contributed by atoms with E-state index in [2.05, 4.69) is 33.4 Å². The predicted octanol–water partition coefficient (Wildman–Crippen LogP) is 2.88. The van der Waals surface area contributed by atoms with Gasteiger partial charge in [0.25, 0.3) is 0 Å². The van der Waals surface area contributed by atoms with Crippen LogP contribution in [-0.4, -0.2) is 18.8 Å². The molecular formula is C15H32NO+. The van der Waals surface area contributed by atoms with Gasteiger partial charge in [0.15, 0.2) is 0 Å². The topological polar surface area (TPSA) is 36.9 Å². The number of hydrogen-bond donors (Lipinski definition) is 1. The summed E-state index contributed by atoms with van der Waals surface area (Å²) in [4.78, 5) is 0. The largest absolute Gasteiger partial charge is 0.376 e. The Bertz CT molecular complexity index is 213. The highest BCUT2D eigenvalue weighted by atomic mass is 16.5. The monoisotopic (exact) mass is 242 g/mol. The average molecular weight is 242 g/mol. The second-order valence-corrected chi connectivity index (χ2v) is 6.73. The summed E-state index contributed by atoms with van der Waals surface area (Å²) in [5.74, 6) is 2.56. The maximum atomic E-state index is 5.83. The van der Waals surface area contributed by atoms with Crippen LogP contribution < -0.4 is 5.73 Å². The molecule has 1 heterocycles. The molecule has 1 saturated heterocycles. The minimum absolute atomic E-state index is 0.0974. The van der Waals surface area contributed by atoms with Crippen LogP contribution >= 0.6 is 0 Å². The summed E-state index contributed by atoms with van der Waals surface area (Å²) >= 11 is 0. The Balaban J connectivity index is 2.50. The molecule has 0 aromatic heterocycles. The van der Waals surface area contributed by atoms with E-state index in [1.54, 1.807) is 0 Å². The molecule has 0 radical (unpaired) electrons. The van der Waals surface area contributed by atoms with Gasteiger partial charge < -0.3 is 10.5 Å². The van der Waals surface area contributed by atoms with E-state index < -0.39 is 0 Å². The van der Waals surface area contributed by atoms with E-state index in [0.717, 1.165) is 30.9 Å². The molecule has 1 aliphatic heterocycles. The van der Waals surface area contributed by atoms with Gasteiger partial charge in [-0.2, -0.15) is 0 Å². The van der Waals surface area contributed by atoms with Crippen LogP contribution in [0.1, 0.15) is 59.8 Å². The number of quaternary nitrogens is 1. The molecule has 3 N–H and O–H groups in total. The molecule has 2 atom stereocenters. The number of rotatable bonds is 6. The van der Waals surface area contributed by atoms with Crippen LogP contribution in [0.2, 0.25) is 0 Å². The van der Waals surface area contributed by atoms with Gasteiger partial charge in [-0.3, -0.25) is 0 Å². The third-order valence-corrected chi connectivity index (χ3v) is 4.09. The average Bonchev–Trinajstić information content (AvgIpc) is 2.22. The third kappa shape index (κ3) is 5.39. The Morgan fingerprint density at radius 1 is 1.24 bits per heavy atom. The van der Waals surface area contributed by atoms with Crippen LogP contribution in [0.15, 0.2) is 0 Å². The van der Waals surface area contributed by atoms with E-state index >= 15 is 0 Å². The maximum absolute atomic E-state index is 5.83. The molecule has 17 heavy (non-hydrogen) atoms. The first-order valence-electron chi connectivity index (χ1n) is 7.38. The standard InChI is InChI=1S/C15H31NO/c1-12(2)5-6-13(7-9-16)14-8-10-17-15(3,4)11-14/h12-14H,5-11,16H2,1-4H3/p+1/t13-,14+/m0/s1. The van der Waals surface area contributed by atoms with Gasteiger partial charge in [-0.25, -0.2) is 0 Å². The highest BCUT2D eigenvalue weighted by Gasteiger charge is 2.33. The molecule has 2 heteroatoms. The first-order chi connectivity index (χ1) is 7.94. The van der Waals surface area contributed by atoms with Gasteiger partial charge in [-0.1, -0.05) is 20.3 Å². The van der Waals surface area contributed by atoms with Gasteiger partial charge >= 0.3 is 0 Å². The van der Waals surface area contributed by atoms with Gasteiger partial charge in [0.05, 0.1) is 12.1 Å². The lowest BCUT2D eigenvalue weighted by Crippen LogP contribution is -2.51. The summed E-state index contributed by atoms with van der Waals surface area (Å²) in [5, 5.41) is 0. The SMILES string of the molecule is CC(C)CC[C@@H](CC[NH3+])[C@@H]1CCOC(C)(C)C1. The van der Waals surface area contributed by atoms with E-state index in [9.17, 15) is 0 Å². The van der Waals surface area contributed by atoms with E-state index in [1.165, 1.54) is 32.1 Å². The second-order valence-electron chi connectivity index (χ2n) is 6.73. The van der Waals surface area contributed by atoms with Crippen molar-refractivity contribution < 1.29 is 10.5 Å². The van der Waals surface area contributed by atoms with Gasteiger partial charge in [-0.15, -0.1) is 0 Å². The molecule has 0 spiro atoms. The molecule has 0 bridgehead atoms. The molecule has 0 saturated carbocycles. The predicted molar refractivity (Wildman–Crippen MR) is 72.7 cm³/mol. The molecule has 0 amide bonds. The van der Waals surface area contributed by atoms with Gasteiger partial charge in [0, 0.05) is 6.61 Å². The minimum Gasteiger partial charge on any atom is -0.376 e. The van der Waals surface area contributed by atoms with Gasteiger partial charge in [0.1, 0.15) is 0 Å². The molecule has 0 aromatic rings. The van der Waals surface area contributed by atoms with E-state index in [4.69, 9.17) is 4.74 Å². The van der Waals surface area contributed by atoms with Crippen molar-refractivity contribution in [3.05, 3.63) is 0 Å². The molecule has 1 aliphatic rings. The van der Waals surface area contributed by atoms with Crippen molar-refractivity contribution in [3.63, 3.8) is 0 Å². The van der Waals surface area contributed by atoms with Crippen molar-refractivity contribution in [1.29, 1.82) is 0 Å². The summed E-state index contributed by atoms with van der Waals surface area (Å²) in [6, 6.07) is 0. The second kappa shape index (κ2) is 6.75. The molecular weight excluding hydrogens is 210 g/mol.